The van der Waals surface area contributed by atoms with Gasteiger partial charge in [0.05, 0.1) is 19.0 Å². The van der Waals surface area contributed by atoms with E-state index in [4.69, 9.17) is 4.74 Å². The van der Waals surface area contributed by atoms with Crippen LogP contribution in [0, 0.1) is 6.92 Å². The quantitative estimate of drug-likeness (QED) is 0.494. The highest BCUT2D eigenvalue weighted by Gasteiger charge is 2.11. The molecular weight excluding hydrogens is 430 g/mol. The molecule has 0 atom stereocenters. The van der Waals surface area contributed by atoms with Crippen molar-refractivity contribution in [1.82, 2.24) is 15.1 Å². The molecule has 1 amide bonds. The van der Waals surface area contributed by atoms with Crippen molar-refractivity contribution < 1.29 is 9.53 Å². The zero-order valence-electron chi connectivity index (χ0n) is 17.3. The molecule has 0 unspecified atom stereocenters. The third kappa shape index (κ3) is 6.76. The summed E-state index contributed by atoms with van der Waals surface area (Å²) in [7, 11) is 0. The Kier molecular flexibility index (Phi) is 7.52. The molecule has 0 bridgehead atoms. The van der Waals surface area contributed by atoms with Gasteiger partial charge in [-0.1, -0.05) is 47.4 Å². The number of hydrogen-bond donors (Lipinski definition) is 2. The van der Waals surface area contributed by atoms with Crippen LogP contribution >= 0.6 is 23.1 Å². The Balaban J connectivity index is 1.22. The van der Waals surface area contributed by atoms with E-state index in [1.54, 1.807) is 0 Å². The first kappa shape index (κ1) is 21.8. The fourth-order valence-corrected chi connectivity index (χ4v) is 4.77. The van der Waals surface area contributed by atoms with E-state index in [2.05, 4.69) is 37.9 Å². The van der Waals surface area contributed by atoms with Crippen molar-refractivity contribution in [3.05, 3.63) is 59.7 Å². The number of amides is 1. The first-order valence-corrected chi connectivity index (χ1v) is 11.9. The average molecular weight is 456 g/mol. The predicted octanol–water partition coefficient (Wildman–Crippen LogP) is 4.15. The highest BCUT2D eigenvalue weighted by molar-refractivity contribution is 8.01. The van der Waals surface area contributed by atoms with Gasteiger partial charge in [0, 0.05) is 31.0 Å². The smallest absolute Gasteiger partial charge is 0.234 e. The number of carbonyl (C=O) groups is 1. The fourth-order valence-electron chi connectivity index (χ4n) is 3.20. The maximum atomic E-state index is 12.3. The lowest BCUT2D eigenvalue weighted by atomic mass is 10.2. The number of anilines is 3. The molecule has 0 radical (unpaired) electrons. The van der Waals surface area contributed by atoms with Crippen LogP contribution in [0.25, 0.3) is 0 Å². The van der Waals surface area contributed by atoms with E-state index >= 15 is 0 Å². The summed E-state index contributed by atoms with van der Waals surface area (Å²) in [5.74, 6) is 0.226. The molecule has 1 fully saturated rings. The molecule has 2 N–H and O–H groups in total. The van der Waals surface area contributed by atoms with E-state index in [1.807, 2.05) is 43.3 Å². The van der Waals surface area contributed by atoms with E-state index in [0.717, 1.165) is 48.6 Å². The highest BCUT2D eigenvalue weighted by atomic mass is 32.2. The van der Waals surface area contributed by atoms with Gasteiger partial charge >= 0.3 is 0 Å². The standard InChI is InChI=1S/C22H25N5O2S2/c1-16-3-2-4-19(13-16)24-21-25-26-22(31-21)30-15-20(28)23-18-7-5-17(6-8-18)14-27-9-11-29-12-10-27/h2-8,13H,9-12,14-15H2,1H3,(H,23,28)(H,24,25). The number of aromatic nitrogens is 2. The summed E-state index contributed by atoms with van der Waals surface area (Å²) in [5, 5.41) is 15.2. The molecule has 2 aromatic carbocycles. The molecule has 7 nitrogen and oxygen atoms in total. The van der Waals surface area contributed by atoms with E-state index in [0.29, 0.717) is 5.13 Å². The van der Waals surface area contributed by atoms with E-state index < -0.39 is 0 Å². The summed E-state index contributed by atoms with van der Waals surface area (Å²) >= 11 is 2.82. The Morgan fingerprint density at radius 2 is 1.94 bits per heavy atom. The Bertz CT molecular complexity index is 1000. The largest absolute Gasteiger partial charge is 0.379 e. The third-order valence-electron chi connectivity index (χ3n) is 4.75. The summed E-state index contributed by atoms with van der Waals surface area (Å²) in [4.78, 5) is 14.7. The van der Waals surface area contributed by atoms with Crippen LogP contribution in [0.15, 0.2) is 52.9 Å². The first-order chi connectivity index (χ1) is 15.1. The predicted molar refractivity (Wildman–Crippen MR) is 126 cm³/mol. The minimum Gasteiger partial charge on any atom is -0.379 e. The minimum absolute atomic E-state index is 0.0608. The summed E-state index contributed by atoms with van der Waals surface area (Å²) in [5.41, 5.74) is 4.18. The van der Waals surface area contributed by atoms with Crippen LogP contribution in [-0.4, -0.2) is 53.1 Å². The van der Waals surface area contributed by atoms with Crippen LogP contribution in [0.2, 0.25) is 0 Å². The monoisotopic (exact) mass is 455 g/mol. The van der Waals surface area contributed by atoms with Crippen molar-refractivity contribution in [2.24, 2.45) is 0 Å². The Morgan fingerprint density at radius 1 is 1.13 bits per heavy atom. The van der Waals surface area contributed by atoms with Crippen molar-refractivity contribution in [1.29, 1.82) is 0 Å². The summed E-state index contributed by atoms with van der Waals surface area (Å²) in [6.45, 7) is 6.47. The molecule has 1 aromatic heterocycles. The molecule has 0 aliphatic carbocycles. The molecule has 1 aliphatic heterocycles. The van der Waals surface area contributed by atoms with Gasteiger partial charge in [0.15, 0.2) is 4.34 Å². The lowest BCUT2D eigenvalue weighted by Gasteiger charge is -2.26. The van der Waals surface area contributed by atoms with Crippen molar-refractivity contribution in [2.45, 2.75) is 17.8 Å². The van der Waals surface area contributed by atoms with Crippen LogP contribution < -0.4 is 10.6 Å². The molecule has 1 aliphatic rings. The number of ether oxygens (including phenoxy) is 1. The molecule has 31 heavy (non-hydrogen) atoms. The lowest BCUT2D eigenvalue weighted by molar-refractivity contribution is -0.113. The summed E-state index contributed by atoms with van der Waals surface area (Å²) in [6, 6.07) is 16.1. The molecule has 162 valence electrons. The number of hydrogen-bond acceptors (Lipinski definition) is 8. The molecule has 9 heteroatoms. The van der Waals surface area contributed by atoms with Crippen LogP contribution in [0.1, 0.15) is 11.1 Å². The zero-order valence-corrected chi connectivity index (χ0v) is 19.0. The molecule has 0 saturated carbocycles. The number of nitrogens with one attached hydrogen (secondary N) is 2. The normalized spacial score (nSPS) is 14.4. The third-order valence-corrected chi connectivity index (χ3v) is 6.72. The Morgan fingerprint density at radius 3 is 2.71 bits per heavy atom. The van der Waals surface area contributed by atoms with Gasteiger partial charge in [-0.25, -0.2) is 0 Å². The molecule has 4 rings (SSSR count). The van der Waals surface area contributed by atoms with Gasteiger partial charge in [-0.15, -0.1) is 10.2 Å². The number of nitrogens with zero attached hydrogens (tertiary/aromatic N) is 3. The molecule has 0 spiro atoms. The number of carbonyl (C=O) groups excluding carboxylic acids is 1. The lowest BCUT2D eigenvalue weighted by Crippen LogP contribution is -2.35. The second kappa shape index (κ2) is 10.7. The van der Waals surface area contributed by atoms with Crippen molar-refractivity contribution in [3.8, 4) is 0 Å². The van der Waals surface area contributed by atoms with Gasteiger partial charge < -0.3 is 15.4 Å². The van der Waals surface area contributed by atoms with E-state index in [9.17, 15) is 4.79 Å². The zero-order chi connectivity index (χ0) is 21.5. The highest BCUT2D eigenvalue weighted by Crippen LogP contribution is 2.28. The van der Waals surface area contributed by atoms with Crippen molar-refractivity contribution in [2.75, 3.05) is 42.7 Å². The van der Waals surface area contributed by atoms with Crippen LogP contribution in [0.3, 0.4) is 0 Å². The number of benzene rings is 2. The summed E-state index contributed by atoms with van der Waals surface area (Å²) in [6.07, 6.45) is 0. The second-order valence-electron chi connectivity index (χ2n) is 7.29. The van der Waals surface area contributed by atoms with Gasteiger partial charge in [-0.3, -0.25) is 9.69 Å². The van der Waals surface area contributed by atoms with Gasteiger partial charge in [0.1, 0.15) is 0 Å². The Hall–Kier alpha value is -2.46. The van der Waals surface area contributed by atoms with Crippen LogP contribution in [0.4, 0.5) is 16.5 Å². The molecule has 2 heterocycles. The van der Waals surface area contributed by atoms with Crippen molar-refractivity contribution >= 4 is 45.5 Å². The summed E-state index contributed by atoms with van der Waals surface area (Å²) < 4.78 is 6.14. The van der Waals surface area contributed by atoms with Gasteiger partial charge in [0.2, 0.25) is 11.0 Å². The maximum Gasteiger partial charge on any atom is 0.234 e. The fraction of sp³-hybridized carbons (Fsp3) is 0.318. The topological polar surface area (TPSA) is 79.4 Å². The van der Waals surface area contributed by atoms with Crippen molar-refractivity contribution in [3.63, 3.8) is 0 Å². The SMILES string of the molecule is Cc1cccc(Nc2nnc(SCC(=O)Nc3ccc(CN4CCOCC4)cc3)s2)c1. The second-order valence-corrected chi connectivity index (χ2v) is 9.49. The maximum absolute atomic E-state index is 12.3. The van der Waals surface area contributed by atoms with Gasteiger partial charge in [-0.05, 0) is 42.3 Å². The van der Waals surface area contributed by atoms with E-state index in [-0.39, 0.29) is 11.7 Å². The first-order valence-electron chi connectivity index (χ1n) is 10.1. The molecule has 1 saturated heterocycles. The number of morpholine rings is 1. The van der Waals surface area contributed by atoms with Crippen LogP contribution in [0.5, 0.6) is 0 Å². The molecular formula is C22H25N5O2S2. The van der Waals surface area contributed by atoms with Gasteiger partial charge in [0.25, 0.3) is 0 Å². The number of aryl methyl sites for hydroxylation is 1. The minimum atomic E-state index is -0.0608. The Labute approximate surface area is 190 Å². The average Bonchev–Trinajstić information content (AvgIpc) is 3.22. The number of rotatable bonds is 8. The molecule has 3 aromatic rings. The van der Waals surface area contributed by atoms with Gasteiger partial charge in [-0.2, -0.15) is 0 Å². The number of thioether (sulfide) groups is 1. The van der Waals surface area contributed by atoms with Crippen LogP contribution in [-0.2, 0) is 16.1 Å². The van der Waals surface area contributed by atoms with E-state index in [1.165, 1.54) is 34.2 Å².